The van der Waals surface area contributed by atoms with Crippen LogP contribution in [0.4, 0.5) is 0 Å². The quantitative estimate of drug-likeness (QED) is 0.748. The van der Waals surface area contributed by atoms with Crippen molar-refractivity contribution in [2.24, 2.45) is 0 Å². The molecule has 0 bridgehead atoms. The molecule has 7 nitrogen and oxygen atoms in total. The minimum atomic E-state index is -3.90. The van der Waals surface area contributed by atoms with E-state index in [1.54, 1.807) is 0 Å². The zero-order chi connectivity index (χ0) is 15.7. The number of hydrogen-bond donors (Lipinski definition) is 3. The van der Waals surface area contributed by atoms with Crippen molar-refractivity contribution in [3.05, 3.63) is 15.4 Å². The van der Waals surface area contributed by atoms with Gasteiger partial charge < -0.3 is 10.1 Å². The zero-order valence-electron chi connectivity index (χ0n) is 11.6. The molecule has 1 aliphatic rings. The summed E-state index contributed by atoms with van der Waals surface area (Å²) in [6.45, 7) is 1.51. The van der Waals surface area contributed by atoms with Gasteiger partial charge >= 0.3 is 10.8 Å². The molecular formula is C12H18N2O5S2. The molecule has 1 saturated carbocycles. The van der Waals surface area contributed by atoms with Crippen LogP contribution in [0.3, 0.4) is 0 Å². The van der Waals surface area contributed by atoms with Crippen LogP contribution >= 0.6 is 11.3 Å². The van der Waals surface area contributed by atoms with E-state index < -0.39 is 26.4 Å². The van der Waals surface area contributed by atoms with Gasteiger partial charge in [0.2, 0.25) is 0 Å². The van der Waals surface area contributed by atoms with E-state index in [-0.39, 0.29) is 16.3 Å². The van der Waals surface area contributed by atoms with Crippen molar-refractivity contribution in [2.75, 3.05) is 0 Å². The number of rotatable bonds is 5. The summed E-state index contributed by atoms with van der Waals surface area (Å²) < 4.78 is 27.4. The fourth-order valence-corrected chi connectivity index (χ4v) is 5.57. The Hall–Kier alpha value is -1.19. The number of hydrogen-bond acceptors (Lipinski definition) is 5. The van der Waals surface area contributed by atoms with Gasteiger partial charge in [0.05, 0.1) is 6.42 Å². The van der Waals surface area contributed by atoms with E-state index in [1.807, 2.05) is 0 Å². The van der Waals surface area contributed by atoms with E-state index >= 15 is 0 Å². The first-order valence-corrected chi connectivity index (χ1v) is 9.00. The number of aryl methyl sites for hydroxylation is 1. The monoisotopic (exact) mass is 334 g/mol. The molecule has 1 heterocycles. The highest BCUT2D eigenvalue weighted by Crippen LogP contribution is 2.33. The number of aromatic nitrogens is 1. The van der Waals surface area contributed by atoms with Crippen molar-refractivity contribution in [1.82, 2.24) is 9.71 Å². The van der Waals surface area contributed by atoms with Gasteiger partial charge in [0, 0.05) is 11.2 Å². The zero-order valence-corrected chi connectivity index (χ0v) is 13.3. The average molecular weight is 334 g/mol. The number of carbonyl (C=O) groups is 1. The predicted octanol–water partition coefficient (Wildman–Crippen LogP) is 1.20. The summed E-state index contributed by atoms with van der Waals surface area (Å²) in [4.78, 5) is 24.4. The van der Waals surface area contributed by atoms with Crippen LogP contribution in [0, 0.1) is 6.92 Å². The lowest BCUT2D eigenvalue weighted by Crippen LogP contribution is -2.50. The fraction of sp³-hybridized carbons (Fsp3) is 0.667. The number of sulfonamides is 1. The summed E-state index contributed by atoms with van der Waals surface area (Å²) in [7, 11) is -3.90. The molecule has 9 heteroatoms. The van der Waals surface area contributed by atoms with Gasteiger partial charge in [-0.05, 0) is 19.8 Å². The van der Waals surface area contributed by atoms with E-state index in [0.29, 0.717) is 24.2 Å². The molecule has 2 rings (SSSR count). The van der Waals surface area contributed by atoms with Gasteiger partial charge in [-0.25, -0.2) is 13.1 Å². The third kappa shape index (κ3) is 3.72. The van der Waals surface area contributed by atoms with Crippen molar-refractivity contribution in [3.63, 3.8) is 0 Å². The Morgan fingerprint density at radius 1 is 1.38 bits per heavy atom. The van der Waals surface area contributed by atoms with Gasteiger partial charge in [-0.2, -0.15) is 0 Å². The molecule has 0 radical (unpaired) electrons. The Morgan fingerprint density at radius 2 is 2.00 bits per heavy atom. The molecule has 21 heavy (non-hydrogen) atoms. The lowest BCUT2D eigenvalue weighted by atomic mass is 9.80. The van der Waals surface area contributed by atoms with Crippen LogP contribution in [0.2, 0.25) is 0 Å². The molecule has 0 amide bonds. The first-order valence-electron chi connectivity index (χ1n) is 6.70. The molecule has 118 valence electrons. The molecule has 0 unspecified atom stereocenters. The summed E-state index contributed by atoms with van der Waals surface area (Å²) in [5.41, 5.74) is -0.679. The molecule has 0 aromatic carbocycles. The second-order valence-electron chi connectivity index (χ2n) is 5.44. The van der Waals surface area contributed by atoms with Crippen molar-refractivity contribution < 1.29 is 18.3 Å². The summed E-state index contributed by atoms with van der Waals surface area (Å²) in [6, 6.07) is 0. The number of nitrogens with one attached hydrogen (secondary N) is 2. The van der Waals surface area contributed by atoms with Gasteiger partial charge in [-0.15, -0.1) is 0 Å². The first kappa shape index (κ1) is 16.2. The number of carboxylic acid groups (broad SMARTS) is 1. The SMILES string of the molecule is Cc1[nH]c(=O)sc1S(=O)(=O)NC1(CC(=O)O)CCCCC1. The maximum Gasteiger partial charge on any atom is 0.305 e. The van der Waals surface area contributed by atoms with E-state index in [1.165, 1.54) is 6.92 Å². The second kappa shape index (κ2) is 5.90. The lowest BCUT2D eigenvalue weighted by molar-refractivity contribution is -0.138. The third-order valence-corrected chi connectivity index (χ3v) is 6.86. The minimum absolute atomic E-state index is 0.0668. The van der Waals surface area contributed by atoms with E-state index in [4.69, 9.17) is 5.11 Å². The molecule has 0 saturated heterocycles. The summed E-state index contributed by atoms with van der Waals surface area (Å²) >= 11 is 0.618. The van der Waals surface area contributed by atoms with Gasteiger partial charge in [-0.3, -0.25) is 9.59 Å². The highest BCUT2D eigenvalue weighted by molar-refractivity contribution is 7.91. The number of aromatic amines is 1. The molecule has 0 atom stereocenters. The van der Waals surface area contributed by atoms with Crippen LogP contribution in [-0.4, -0.2) is 30.0 Å². The maximum absolute atomic E-state index is 12.5. The number of aliphatic carboxylic acids is 1. The Kier molecular flexibility index (Phi) is 4.54. The molecule has 1 fully saturated rings. The van der Waals surface area contributed by atoms with E-state index in [9.17, 15) is 18.0 Å². The first-order chi connectivity index (χ1) is 9.74. The second-order valence-corrected chi connectivity index (χ2v) is 8.30. The minimum Gasteiger partial charge on any atom is -0.481 e. The largest absolute Gasteiger partial charge is 0.481 e. The summed E-state index contributed by atoms with van der Waals surface area (Å²) in [5.74, 6) is -1.03. The lowest BCUT2D eigenvalue weighted by Gasteiger charge is -2.36. The average Bonchev–Trinajstić information content (AvgIpc) is 2.68. The number of carboxylic acids is 1. The highest BCUT2D eigenvalue weighted by atomic mass is 32.2. The predicted molar refractivity (Wildman–Crippen MR) is 78.1 cm³/mol. The van der Waals surface area contributed by atoms with Crippen LogP contribution in [0.1, 0.15) is 44.2 Å². The summed E-state index contributed by atoms with van der Waals surface area (Å²) in [5, 5.41) is 9.07. The maximum atomic E-state index is 12.5. The smallest absolute Gasteiger partial charge is 0.305 e. The third-order valence-electron chi connectivity index (χ3n) is 3.68. The Morgan fingerprint density at radius 3 is 2.48 bits per heavy atom. The van der Waals surface area contributed by atoms with E-state index in [2.05, 4.69) is 9.71 Å². The summed E-state index contributed by atoms with van der Waals surface area (Å²) in [6.07, 6.45) is 3.30. The molecular weight excluding hydrogens is 316 g/mol. The standard InChI is InChI=1S/C12H18N2O5S2/c1-8-10(20-11(17)13-8)21(18,19)14-12(7-9(15)16)5-3-2-4-6-12/h14H,2-7H2,1H3,(H,13,17)(H,15,16). The Labute approximate surface area is 126 Å². The van der Waals surface area contributed by atoms with Crippen molar-refractivity contribution in [1.29, 1.82) is 0 Å². The van der Waals surface area contributed by atoms with Crippen LogP contribution < -0.4 is 9.60 Å². The number of H-pyrrole nitrogens is 1. The molecule has 1 aliphatic carbocycles. The molecule has 0 spiro atoms. The van der Waals surface area contributed by atoms with Gasteiger partial charge in [-0.1, -0.05) is 30.6 Å². The van der Waals surface area contributed by atoms with Crippen molar-refractivity contribution >= 4 is 27.3 Å². The van der Waals surface area contributed by atoms with Crippen LogP contribution in [0.15, 0.2) is 9.00 Å². The fourth-order valence-electron chi connectivity index (χ4n) is 2.81. The highest BCUT2D eigenvalue weighted by Gasteiger charge is 2.39. The van der Waals surface area contributed by atoms with Gasteiger partial charge in [0.1, 0.15) is 0 Å². The molecule has 3 N–H and O–H groups in total. The van der Waals surface area contributed by atoms with Crippen LogP contribution in [0.25, 0.3) is 0 Å². The molecule has 1 aromatic rings. The van der Waals surface area contributed by atoms with Crippen LogP contribution in [0.5, 0.6) is 0 Å². The number of thiazole rings is 1. The molecule has 1 aromatic heterocycles. The van der Waals surface area contributed by atoms with Gasteiger partial charge in [0.15, 0.2) is 4.21 Å². The Bertz CT molecular complexity index is 683. The normalized spacial score (nSPS) is 18.5. The van der Waals surface area contributed by atoms with Crippen molar-refractivity contribution in [3.8, 4) is 0 Å². The Balaban J connectivity index is 2.33. The van der Waals surface area contributed by atoms with Crippen LogP contribution in [-0.2, 0) is 14.8 Å². The van der Waals surface area contributed by atoms with E-state index in [0.717, 1.165) is 19.3 Å². The van der Waals surface area contributed by atoms with Crippen molar-refractivity contribution in [2.45, 2.75) is 55.2 Å². The van der Waals surface area contributed by atoms with Gasteiger partial charge in [0.25, 0.3) is 10.0 Å². The molecule has 0 aliphatic heterocycles. The topological polar surface area (TPSA) is 116 Å².